The maximum Gasteiger partial charge on any atom is 0.251 e. The highest BCUT2D eigenvalue weighted by molar-refractivity contribution is 6.05. The number of nitrogens with one attached hydrogen (secondary N) is 2. The fraction of sp³-hybridized carbons (Fsp3) is 0.462. The van der Waals surface area contributed by atoms with Gasteiger partial charge in [0.2, 0.25) is 5.91 Å². The number of anilines is 2. The van der Waals surface area contributed by atoms with Crippen LogP contribution in [0.25, 0.3) is 0 Å². The monoisotopic (exact) mass is 450 g/mol. The molecule has 0 bridgehead atoms. The van der Waals surface area contributed by atoms with E-state index in [2.05, 4.69) is 20.4 Å². The molecule has 0 radical (unpaired) electrons. The minimum absolute atomic E-state index is 0.0295. The van der Waals surface area contributed by atoms with Crippen LogP contribution in [-0.4, -0.2) is 48.9 Å². The number of benzene rings is 2. The van der Waals surface area contributed by atoms with Crippen LogP contribution in [0.3, 0.4) is 0 Å². The van der Waals surface area contributed by atoms with Gasteiger partial charge in [-0.15, -0.1) is 0 Å². The maximum atomic E-state index is 13.9. The summed E-state index contributed by atoms with van der Waals surface area (Å²) in [7, 11) is 0. The number of carbonyl (C=O) groups excluding carboxylic acids is 2. The number of piperidine rings is 2. The Hall–Kier alpha value is -2.93. The molecule has 174 valence electrons. The van der Waals surface area contributed by atoms with Crippen LogP contribution < -0.4 is 15.5 Å². The molecule has 0 aromatic heterocycles. The third kappa shape index (κ3) is 4.74. The third-order valence-electron chi connectivity index (χ3n) is 7.24. The standard InChI is InChI=1S/C26H31FN4O2/c27-21-6-2-1-5-20(21)17-30-13-10-18(11-14-30)16-28-25(32)19-8-9-23-22(15-19)29-26(33)24-7-3-4-12-31(23)24/h1-2,5-6,8-9,15,18,24H,3-4,7,10-14,16-17H2,(H,28,32)(H,29,33)/t24-/m0/s1. The lowest BCUT2D eigenvalue weighted by Crippen LogP contribution is -2.50. The normalized spacial score (nSPS) is 21.2. The van der Waals surface area contributed by atoms with Crippen molar-refractivity contribution in [3.8, 4) is 0 Å². The van der Waals surface area contributed by atoms with Crippen molar-refractivity contribution in [1.82, 2.24) is 10.2 Å². The summed E-state index contributed by atoms with van der Waals surface area (Å²) in [5.41, 5.74) is 3.05. The topological polar surface area (TPSA) is 64.7 Å². The van der Waals surface area contributed by atoms with Crippen molar-refractivity contribution in [3.63, 3.8) is 0 Å². The second-order valence-electron chi connectivity index (χ2n) is 9.45. The second kappa shape index (κ2) is 9.51. The van der Waals surface area contributed by atoms with Gasteiger partial charge in [-0.25, -0.2) is 4.39 Å². The Balaban J connectivity index is 1.13. The minimum Gasteiger partial charge on any atom is -0.358 e. The van der Waals surface area contributed by atoms with E-state index >= 15 is 0 Å². The van der Waals surface area contributed by atoms with E-state index < -0.39 is 0 Å². The Morgan fingerprint density at radius 1 is 1.06 bits per heavy atom. The molecular formula is C26H31FN4O2. The summed E-state index contributed by atoms with van der Waals surface area (Å²) in [5.74, 6) is 0.185. The lowest BCUT2D eigenvalue weighted by Gasteiger charge is -2.41. The van der Waals surface area contributed by atoms with Gasteiger partial charge in [-0.3, -0.25) is 14.5 Å². The zero-order chi connectivity index (χ0) is 22.8. The number of hydrogen-bond donors (Lipinski definition) is 2. The molecule has 3 aliphatic heterocycles. The minimum atomic E-state index is -0.149. The Morgan fingerprint density at radius 3 is 2.70 bits per heavy atom. The summed E-state index contributed by atoms with van der Waals surface area (Å²) in [6.07, 6.45) is 5.00. The smallest absolute Gasteiger partial charge is 0.251 e. The van der Waals surface area contributed by atoms with Gasteiger partial charge in [0.05, 0.1) is 11.4 Å². The Kier molecular flexibility index (Phi) is 6.31. The van der Waals surface area contributed by atoms with Crippen molar-refractivity contribution in [2.75, 3.05) is 36.4 Å². The number of halogens is 1. The van der Waals surface area contributed by atoms with Crippen molar-refractivity contribution in [2.24, 2.45) is 5.92 Å². The quantitative estimate of drug-likeness (QED) is 0.728. The summed E-state index contributed by atoms with van der Waals surface area (Å²) in [6.45, 7) is 3.94. The zero-order valence-corrected chi connectivity index (χ0v) is 18.9. The van der Waals surface area contributed by atoms with E-state index in [4.69, 9.17) is 0 Å². The summed E-state index contributed by atoms with van der Waals surface area (Å²) in [4.78, 5) is 29.7. The summed E-state index contributed by atoms with van der Waals surface area (Å²) < 4.78 is 13.9. The Labute approximate surface area is 194 Å². The predicted octanol–water partition coefficient (Wildman–Crippen LogP) is 3.78. The van der Waals surface area contributed by atoms with E-state index in [0.29, 0.717) is 24.6 Å². The molecule has 0 spiro atoms. The molecule has 6 nitrogen and oxygen atoms in total. The Bertz CT molecular complexity index is 1030. The van der Waals surface area contributed by atoms with E-state index in [0.717, 1.165) is 68.7 Å². The highest BCUT2D eigenvalue weighted by atomic mass is 19.1. The molecule has 2 amide bonds. The fourth-order valence-electron chi connectivity index (χ4n) is 5.29. The first-order valence-electron chi connectivity index (χ1n) is 12.0. The van der Waals surface area contributed by atoms with Crippen molar-refractivity contribution < 1.29 is 14.0 Å². The average molecular weight is 451 g/mol. The second-order valence-corrected chi connectivity index (χ2v) is 9.45. The zero-order valence-electron chi connectivity index (χ0n) is 18.9. The molecule has 2 saturated heterocycles. The molecule has 5 rings (SSSR count). The lowest BCUT2D eigenvalue weighted by molar-refractivity contribution is -0.118. The number of amides is 2. The lowest BCUT2D eigenvalue weighted by atomic mass is 9.95. The SMILES string of the molecule is O=C(NCC1CCN(Cc2ccccc2F)CC1)c1ccc2c(c1)NC(=O)[C@@H]1CCCCN21. The average Bonchev–Trinajstić information content (AvgIpc) is 2.84. The van der Waals surface area contributed by atoms with Gasteiger partial charge >= 0.3 is 0 Å². The maximum absolute atomic E-state index is 13.9. The summed E-state index contributed by atoms with van der Waals surface area (Å²) >= 11 is 0. The Morgan fingerprint density at radius 2 is 1.88 bits per heavy atom. The summed E-state index contributed by atoms with van der Waals surface area (Å²) in [5, 5.41) is 6.07. The van der Waals surface area contributed by atoms with E-state index in [1.165, 1.54) is 6.07 Å². The first-order chi connectivity index (χ1) is 16.1. The van der Waals surface area contributed by atoms with Crippen LogP contribution in [0.2, 0.25) is 0 Å². The van der Waals surface area contributed by atoms with Crippen LogP contribution in [0.4, 0.5) is 15.8 Å². The van der Waals surface area contributed by atoms with Gasteiger partial charge in [-0.2, -0.15) is 0 Å². The van der Waals surface area contributed by atoms with Crippen molar-refractivity contribution in [3.05, 3.63) is 59.4 Å². The number of likely N-dealkylation sites (tertiary alicyclic amines) is 1. The third-order valence-corrected chi connectivity index (χ3v) is 7.24. The van der Waals surface area contributed by atoms with Crippen LogP contribution in [0, 0.1) is 11.7 Å². The van der Waals surface area contributed by atoms with Crippen molar-refractivity contribution >= 4 is 23.2 Å². The number of rotatable bonds is 5. The number of nitrogens with zero attached hydrogens (tertiary/aromatic N) is 2. The molecule has 2 aromatic rings. The highest BCUT2D eigenvalue weighted by Crippen LogP contribution is 2.36. The molecule has 7 heteroatoms. The number of fused-ring (bicyclic) bond motifs is 3. The van der Waals surface area contributed by atoms with Gasteiger partial charge in [0.25, 0.3) is 5.91 Å². The predicted molar refractivity (Wildman–Crippen MR) is 127 cm³/mol. The van der Waals surface area contributed by atoms with E-state index in [-0.39, 0.29) is 23.7 Å². The van der Waals surface area contributed by atoms with E-state index in [9.17, 15) is 14.0 Å². The van der Waals surface area contributed by atoms with Crippen molar-refractivity contribution in [1.29, 1.82) is 0 Å². The molecule has 3 heterocycles. The molecule has 0 unspecified atom stereocenters. The van der Waals surface area contributed by atoms with Gasteiger partial charge in [0.1, 0.15) is 11.9 Å². The fourth-order valence-corrected chi connectivity index (χ4v) is 5.29. The molecular weight excluding hydrogens is 419 g/mol. The molecule has 0 aliphatic carbocycles. The molecule has 2 fully saturated rings. The molecule has 0 saturated carbocycles. The molecule has 33 heavy (non-hydrogen) atoms. The molecule has 2 aromatic carbocycles. The van der Waals surface area contributed by atoms with Crippen molar-refractivity contribution in [2.45, 2.75) is 44.7 Å². The van der Waals surface area contributed by atoms with Gasteiger partial charge in [0, 0.05) is 30.8 Å². The van der Waals surface area contributed by atoms with Crippen LogP contribution in [0.1, 0.15) is 48.0 Å². The van der Waals surface area contributed by atoms with Gasteiger partial charge in [-0.1, -0.05) is 18.2 Å². The van der Waals surface area contributed by atoms with Crippen LogP contribution >= 0.6 is 0 Å². The van der Waals surface area contributed by atoms with Gasteiger partial charge in [0.15, 0.2) is 0 Å². The highest BCUT2D eigenvalue weighted by Gasteiger charge is 2.34. The van der Waals surface area contributed by atoms with Crippen LogP contribution in [0.5, 0.6) is 0 Å². The summed E-state index contributed by atoms with van der Waals surface area (Å²) in [6, 6.07) is 12.5. The molecule has 2 N–H and O–H groups in total. The molecule has 3 aliphatic rings. The van der Waals surface area contributed by atoms with Crippen LogP contribution in [0.15, 0.2) is 42.5 Å². The molecule has 1 atom stereocenters. The van der Waals surface area contributed by atoms with E-state index in [1.807, 2.05) is 24.3 Å². The van der Waals surface area contributed by atoms with Gasteiger partial charge in [-0.05, 0) is 75.4 Å². The number of hydrogen-bond acceptors (Lipinski definition) is 4. The first-order valence-corrected chi connectivity index (χ1v) is 12.0. The first kappa shape index (κ1) is 21.9. The van der Waals surface area contributed by atoms with E-state index in [1.54, 1.807) is 12.1 Å². The largest absolute Gasteiger partial charge is 0.358 e. The van der Waals surface area contributed by atoms with Gasteiger partial charge < -0.3 is 15.5 Å². The number of carbonyl (C=O) groups is 2. The van der Waals surface area contributed by atoms with Crippen LogP contribution in [-0.2, 0) is 11.3 Å².